The van der Waals surface area contributed by atoms with E-state index in [1.165, 1.54) is 70.5 Å². The second-order valence-electron chi connectivity index (χ2n) is 9.28. The molecule has 0 radical (unpaired) electrons. The van der Waals surface area contributed by atoms with Crippen molar-refractivity contribution in [2.45, 2.75) is 81.9 Å². The average Bonchev–Trinajstić information content (AvgIpc) is 2.92. The molecule has 1 fully saturated rings. The third-order valence-electron chi connectivity index (χ3n) is 6.60. The Morgan fingerprint density at radius 2 is 1.32 bits per heavy atom. The monoisotopic (exact) mass is 597 g/mol. The fraction of sp³-hybridized carbons (Fsp3) is 0.885. The zero-order chi connectivity index (χ0) is 31.1. The van der Waals surface area contributed by atoms with Gasteiger partial charge in [-0.15, -0.1) is 0 Å². The Hall–Kier alpha value is -1.95. The Bertz CT molecular complexity index is 785. The molecule has 1 amide bonds. The van der Waals surface area contributed by atoms with E-state index in [-0.39, 0.29) is 25.7 Å². The third kappa shape index (κ3) is 11.0. The van der Waals surface area contributed by atoms with E-state index in [0.717, 1.165) is 0 Å². The summed E-state index contributed by atoms with van der Waals surface area (Å²) in [6, 6.07) is -0.771. The zero-order valence-corrected chi connectivity index (χ0v) is 25.6. The van der Waals surface area contributed by atoms with Crippen LogP contribution in [0.5, 0.6) is 0 Å². The molecule has 1 heterocycles. The van der Waals surface area contributed by atoms with E-state index in [4.69, 9.17) is 52.1 Å². The molecule has 15 heteroatoms. The van der Waals surface area contributed by atoms with Crippen molar-refractivity contribution in [3.05, 3.63) is 0 Å². The quantitative estimate of drug-likeness (QED) is 0.189. The Morgan fingerprint density at radius 1 is 0.732 bits per heavy atom. The minimum atomic E-state index is -1.08. The number of rotatable bonds is 19. The second kappa shape index (κ2) is 19.3. The van der Waals surface area contributed by atoms with Crippen LogP contribution in [0.2, 0.25) is 0 Å². The van der Waals surface area contributed by atoms with Crippen LogP contribution in [0.4, 0.5) is 0 Å². The summed E-state index contributed by atoms with van der Waals surface area (Å²) in [6.07, 6.45) is -7.45. The third-order valence-corrected chi connectivity index (χ3v) is 6.60. The maximum Gasteiger partial charge on any atom is 0.303 e. The van der Waals surface area contributed by atoms with Crippen LogP contribution in [0.25, 0.3) is 0 Å². The van der Waals surface area contributed by atoms with Crippen molar-refractivity contribution >= 4 is 17.8 Å². The molecule has 0 spiro atoms. The van der Waals surface area contributed by atoms with Crippen LogP contribution in [0.3, 0.4) is 0 Å². The van der Waals surface area contributed by atoms with Gasteiger partial charge in [-0.05, 0) is 0 Å². The number of hydrogen-bond acceptors (Lipinski definition) is 14. The van der Waals surface area contributed by atoms with E-state index < -0.39 is 73.1 Å². The summed E-state index contributed by atoms with van der Waals surface area (Å²) < 4.78 is 62.2. The number of carbonyl (C=O) groups is 3. The number of nitrogens with one attached hydrogen (secondary N) is 1. The van der Waals surface area contributed by atoms with Gasteiger partial charge in [0.25, 0.3) is 0 Å². The lowest BCUT2D eigenvalue weighted by Crippen LogP contribution is -2.66. The molecule has 10 atom stereocenters. The summed E-state index contributed by atoms with van der Waals surface area (Å²) in [5.41, 5.74) is 0. The molecular weight excluding hydrogens is 550 g/mol. The van der Waals surface area contributed by atoms with Crippen LogP contribution >= 0.6 is 0 Å². The molecule has 0 aromatic heterocycles. The summed E-state index contributed by atoms with van der Waals surface area (Å²) in [6.45, 7) is 3.71. The molecule has 240 valence electrons. The Kier molecular flexibility index (Phi) is 17.4. The first kappa shape index (κ1) is 37.1. The first-order valence-electron chi connectivity index (χ1n) is 13.0. The minimum absolute atomic E-state index is 0.139. The van der Waals surface area contributed by atoms with Gasteiger partial charge in [0.05, 0.1) is 13.2 Å². The first-order valence-corrected chi connectivity index (χ1v) is 13.0. The van der Waals surface area contributed by atoms with Crippen molar-refractivity contribution in [1.82, 2.24) is 5.32 Å². The van der Waals surface area contributed by atoms with E-state index in [0.29, 0.717) is 0 Å². The number of esters is 2. The van der Waals surface area contributed by atoms with Gasteiger partial charge in [0.1, 0.15) is 55.4 Å². The lowest BCUT2D eigenvalue weighted by Gasteiger charge is -2.45. The van der Waals surface area contributed by atoms with Crippen LogP contribution < -0.4 is 5.32 Å². The molecule has 0 aromatic rings. The number of hydrogen-bond donors (Lipinski definition) is 1. The van der Waals surface area contributed by atoms with Crippen LogP contribution in [0.1, 0.15) is 20.8 Å². The SMILES string of the molecule is COCC1OC(OCC(OC)C(OC(C)=O)C(OC)C(OC)C(COC(C)=O)OC)C(NC(C)=O)C(OC)C1OC. The van der Waals surface area contributed by atoms with Gasteiger partial charge in [-0.25, -0.2) is 0 Å². The van der Waals surface area contributed by atoms with Gasteiger partial charge in [-0.1, -0.05) is 0 Å². The highest BCUT2D eigenvalue weighted by Crippen LogP contribution is 2.28. The number of amides is 1. The zero-order valence-electron chi connectivity index (χ0n) is 25.6. The van der Waals surface area contributed by atoms with E-state index in [2.05, 4.69) is 5.32 Å². The highest BCUT2D eigenvalue weighted by molar-refractivity contribution is 5.73. The lowest BCUT2D eigenvalue weighted by atomic mass is 9.96. The van der Waals surface area contributed by atoms with Gasteiger partial charge in [0, 0.05) is 70.5 Å². The highest BCUT2D eigenvalue weighted by atomic mass is 16.7. The maximum atomic E-state index is 12.2. The van der Waals surface area contributed by atoms with E-state index in [1.54, 1.807) is 0 Å². The summed E-state index contributed by atoms with van der Waals surface area (Å²) in [7, 11) is 10.2. The summed E-state index contributed by atoms with van der Waals surface area (Å²) >= 11 is 0. The van der Waals surface area contributed by atoms with Gasteiger partial charge in [-0.2, -0.15) is 0 Å². The number of ether oxygens (including phenoxy) is 11. The molecule has 1 aliphatic rings. The minimum Gasteiger partial charge on any atom is -0.463 e. The Labute approximate surface area is 241 Å². The number of methoxy groups -OCH3 is 7. The van der Waals surface area contributed by atoms with Crippen molar-refractivity contribution in [2.75, 3.05) is 69.6 Å². The smallest absolute Gasteiger partial charge is 0.303 e. The predicted molar refractivity (Wildman–Crippen MR) is 141 cm³/mol. The van der Waals surface area contributed by atoms with E-state index in [9.17, 15) is 14.4 Å². The van der Waals surface area contributed by atoms with Crippen LogP contribution in [-0.2, 0) is 66.5 Å². The van der Waals surface area contributed by atoms with Gasteiger partial charge >= 0.3 is 11.9 Å². The molecule has 1 saturated heterocycles. The topological polar surface area (TPSA) is 165 Å². The van der Waals surface area contributed by atoms with Gasteiger partial charge < -0.3 is 57.4 Å². The lowest BCUT2D eigenvalue weighted by molar-refractivity contribution is -0.287. The van der Waals surface area contributed by atoms with E-state index in [1.807, 2.05) is 0 Å². The fourth-order valence-corrected chi connectivity index (χ4v) is 4.78. The van der Waals surface area contributed by atoms with Crippen molar-refractivity contribution in [3.63, 3.8) is 0 Å². The van der Waals surface area contributed by atoms with Gasteiger partial charge in [0.2, 0.25) is 5.91 Å². The molecule has 41 heavy (non-hydrogen) atoms. The molecule has 10 unspecified atom stereocenters. The molecule has 0 saturated carbocycles. The van der Waals surface area contributed by atoms with Crippen LogP contribution in [-0.4, -0.2) is 149 Å². The van der Waals surface area contributed by atoms with E-state index >= 15 is 0 Å². The second-order valence-corrected chi connectivity index (χ2v) is 9.28. The normalized spacial score (nSPS) is 26.3. The standard InChI is InChI=1S/C26H47NO14/c1-14(28)27-20-24(36-9)22(35-8)19(11-31-4)41-26(20)39-13-18(33-6)23(40-16(3)30)25(37-10)21(34-7)17(32-5)12-38-15(2)29/h17-26H,11-13H2,1-10H3,(H,27,28). The van der Waals surface area contributed by atoms with Crippen molar-refractivity contribution in [3.8, 4) is 0 Å². The first-order chi connectivity index (χ1) is 19.5. The van der Waals surface area contributed by atoms with Crippen molar-refractivity contribution in [1.29, 1.82) is 0 Å². The predicted octanol–water partition coefficient (Wildman–Crippen LogP) is -0.536. The molecule has 1 rings (SSSR count). The Morgan fingerprint density at radius 3 is 1.76 bits per heavy atom. The largest absolute Gasteiger partial charge is 0.463 e. The Balaban J connectivity index is 3.32. The summed E-state index contributed by atoms with van der Waals surface area (Å²) in [4.78, 5) is 35.7. The summed E-state index contributed by atoms with van der Waals surface area (Å²) in [5, 5.41) is 2.81. The molecule has 0 bridgehead atoms. The molecular formula is C26H47NO14. The average molecular weight is 598 g/mol. The molecule has 15 nitrogen and oxygen atoms in total. The molecule has 1 aliphatic heterocycles. The van der Waals surface area contributed by atoms with Crippen molar-refractivity contribution < 1.29 is 66.5 Å². The molecule has 0 aromatic carbocycles. The van der Waals surface area contributed by atoms with Crippen molar-refractivity contribution in [2.24, 2.45) is 0 Å². The van der Waals surface area contributed by atoms with Crippen LogP contribution in [0, 0.1) is 0 Å². The fourth-order valence-electron chi connectivity index (χ4n) is 4.78. The maximum absolute atomic E-state index is 12.2. The van der Waals surface area contributed by atoms with Gasteiger partial charge in [-0.3, -0.25) is 14.4 Å². The molecule has 1 N–H and O–H groups in total. The van der Waals surface area contributed by atoms with Gasteiger partial charge in [0.15, 0.2) is 12.4 Å². The van der Waals surface area contributed by atoms with Crippen LogP contribution in [0.15, 0.2) is 0 Å². The number of carbonyl (C=O) groups excluding carboxylic acids is 3. The highest BCUT2D eigenvalue weighted by Gasteiger charge is 2.49. The summed E-state index contributed by atoms with van der Waals surface area (Å²) in [5.74, 6) is -1.46. The molecule has 0 aliphatic carbocycles.